The second-order valence-electron chi connectivity index (χ2n) is 9.71. The molecule has 1 fully saturated rings. The van der Waals surface area contributed by atoms with Gasteiger partial charge in [0.25, 0.3) is 5.76 Å². The third-order valence-electron chi connectivity index (χ3n) is 7.31. The van der Waals surface area contributed by atoms with Crippen LogP contribution in [0.25, 0.3) is 22.1 Å². The van der Waals surface area contributed by atoms with Crippen molar-refractivity contribution in [2.45, 2.75) is 51.4 Å². The largest absolute Gasteiger partial charge is 0.507 e. The number of ether oxygens (including phenoxy) is 1. The smallest absolute Gasteiger partial charge is 0.453 e. The number of quaternary nitrogens is 1. The molecule has 0 radical (unpaired) electrons. The molecule has 0 aliphatic carbocycles. The molecule has 1 aliphatic rings. The van der Waals surface area contributed by atoms with Gasteiger partial charge in [-0.05, 0) is 61.1 Å². The summed E-state index contributed by atoms with van der Waals surface area (Å²) in [5.41, 5.74) is 0.813. The van der Waals surface area contributed by atoms with Crippen molar-refractivity contribution in [2.24, 2.45) is 0 Å². The first-order chi connectivity index (χ1) is 18.3. The number of likely N-dealkylation sites (tertiary alicyclic amines) is 1. The lowest BCUT2D eigenvalue weighted by atomic mass is 9.98. The first-order valence-corrected chi connectivity index (χ1v) is 12.8. The number of halogens is 3. The number of piperidine rings is 1. The molecule has 1 saturated heterocycles. The summed E-state index contributed by atoms with van der Waals surface area (Å²) in [6.07, 6.45) is -0.963. The SMILES string of the molecule is CC[C@H]1CCCC[NH+]1Cc1c(O)ccc2c(=O)c(Oc3ccc(-c4ccccc4)cc3)c(C(F)(F)F)oc12. The van der Waals surface area contributed by atoms with Crippen LogP contribution in [0, 0.1) is 0 Å². The molecule has 2 heterocycles. The van der Waals surface area contributed by atoms with Crippen LogP contribution < -0.4 is 15.1 Å². The number of benzene rings is 3. The molecule has 2 atom stereocenters. The third-order valence-corrected chi connectivity index (χ3v) is 7.31. The number of rotatable bonds is 6. The summed E-state index contributed by atoms with van der Waals surface area (Å²) in [6.45, 7) is 3.19. The molecule has 3 aromatic carbocycles. The van der Waals surface area contributed by atoms with Gasteiger partial charge in [-0.2, -0.15) is 13.2 Å². The van der Waals surface area contributed by atoms with Gasteiger partial charge in [-0.25, -0.2) is 0 Å². The molecule has 38 heavy (non-hydrogen) atoms. The van der Waals surface area contributed by atoms with Crippen LogP contribution in [0.2, 0.25) is 0 Å². The second kappa shape index (κ2) is 10.5. The fraction of sp³-hybridized carbons (Fsp3) is 0.300. The lowest BCUT2D eigenvalue weighted by Gasteiger charge is -2.32. The summed E-state index contributed by atoms with van der Waals surface area (Å²) >= 11 is 0. The number of aromatic hydroxyl groups is 1. The van der Waals surface area contributed by atoms with Gasteiger partial charge in [-0.1, -0.05) is 49.4 Å². The minimum Gasteiger partial charge on any atom is -0.507 e. The Bertz CT molecular complexity index is 1480. The van der Waals surface area contributed by atoms with Crippen LogP contribution in [-0.2, 0) is 12.7 Å². The minimum absolute atomic E-state index is 0.0637. The minimum atomic E-state index is -4.99. The van der Waals surface area contributed by atoms with Crippen LogP contribution >= 0.6 is 0 Å². The maximum Gasteiger partial charge on any atom is 0.453 e. The number of alkyl halides is 3. The summed E-state index contributed by atoms with van der Waals surface area (Å²) in [7, 11) is 0. The van der Waals surface area contributed by atoms with E-state index in [9.17, 15) is 23.1 Å². The number of phenolic OH excluding ortho intramolecular Hbond substituents is 1. The van der Waals surface area contributed by atoms with Gasteiger partial charge in [0.2, 0.25) is 11.2 Å². The van der Waals surface area contributed by atoms with Crippen molar-refractivity contribution in [3.8, 4) is 28.4 Å². The second-order valence-corrected chi connectivity index (χ2v) is 9.71. The van der Waals surface area contributed by atoms with Crippen LogP contribution in [-0.4, -0.2) is 17.7 Å². The fourth-order valence-corrected chi connectivity index (χ4v) is 5.30. The molecule has 1 unspecified atom stereocenters. The molecular weight excluding hydrogens is 495 g/mol. The third kappa shape index (κ3) is 5.13. The Labute approximate surface area is 218 Å². The number of hydrogen-bond acceptors (Lipinski definition) is 4. The Hall–Kier alpha value is -3.78. The Morgan fingerprint density at radius 1 is 1.00 bits per heavy atom. The topological polar surface area (TPSA) is 64.1 Å². The van der Waals surface area contributed by atoms with Crippen LogP contribution in [0.3, 0.4) is 0 Å². The van der Waals surface area contributed by atoms with Crippen LogP contribution in [0.4, 0.5) is 13.2 Å². The maximum atomic E-state index is 14.2. The van der Waals surface area contributed by atoms with E-state index >= 15 is 0 Å². The highest BCUT2D eigenvalue weighted by atomic mass is 19.4. The first-order valence-electron chi connectivity index (χ1n) is 12.8. The summed E-state index contributed by atoms with van der Waals surface area (Å²) in [6, 6.07) is 18.9. The Morgan fingerprint density at radius 3 is 2.39 bits per heavy atom. The molecule has 0 spiro atoms. The van der Waals surface area contributed by atoms with Crippen molar-refractivity contribution in [1.29, 1.82) is 0 Å². The van der Waals surface area contributed by atoms with Crippen molar-refractivity contribution >= 4 is 11.0 Å². The van der Waals surface area contributed by atoms with Gasteiger partial charge < -0.3 is 19.2 Å². The molecule has 198 valence electrons. The van der Waals surface area contributed by atoms with Crippen LogP contribution in [0.5, 0.6) is 17.2 Å². The van der Waals surface area contributed by atoms with Gasteiger partial charge in [0.15, 0.2) is 5.58 Å². The van der Waals surface area contributed by atoms with Gasteiger partial charge in [0.1, 0.15) is 18.0 Å². The molecule has 5 rings (SSSR count). The quantitative estimate of drug-likeness (QED) is 0.310. The van der Waals surface area contributed by atoms with Gasteiger partial charge >= 0.3 is 6.18 Å². The van der Waals surface area contributed by atoms with Gasteiger partial charge in [-0.15, -0.1) is 0 Å². The first kappa shape index (κ1) is 25.9. The Kier molecular flexibility index (Phi) is 7.17. The number of nitrogens with one attached hydrogen (secondary N) is 1. The lowest BCUT2D eigenvalue weighted by molar-refractivity contribution is -0.944. The van der Waals surface area contributed by atoms with E-state index in [0.29, 0.717) is 6.04 Å². The number of phenols is 1. The van der Waals surface area contributed by atoms with Gasteiger partial charge in [-0.3, -0.25) is 4.79 Å². The normalized spacial score (nSPS) is 18.0. The van der Waals surface area contributed by atoms with Gasteiger partial charge in [0, 0.05) is 0 Å². The van der Waals surface area contributed by atoms with E-state index in [1.807, 2.05) is 30.3 Å². The predicted octanol–water partition coefficient (Wildman–Crippen LogP) is 6.32. The molecule has 4 aromatic rings. The molecule has 0 saturated carbocycles. The van der Waals surface area contributed by atoms with E-state index in [1.54, 1.807) is 12.1 Å². The van der Waals surface area contributed by atoms with Crippen LogP contribution in [0.15, 0.2) is 75.9 Å². The maximum absolute atomic E-state index is 14.2. The predicted molar refractivity (Wildman–Crippen MR) is 139 cm³/mol. The number of fused-ring (bicyclic) bond motifs is 1. The zero-order valence-electron chi connectivity index (χ0n) is 21.0. The van der Waals surface area contributed by atoms with Crippen molar-refractivity contribution in [2.75, 3.05) is 6.54 Å². The Morgan fingerprint density at radius 2 is 1.71 bits per heavy atom. The van der Waals surface area contributed by atoms with Gasteiger partial charge in [0.05, 0.1) is 23.5 Å². The highest BCUT2D eigenvalue weighted by molar-refractivity contribution is 5.83. The van der Waals surface area contributed by atoms with Crippen molar-refractivity contribution in [3.63, 3.8) is 0 Å². The zero-order valence-corrected chi connectivity index (χ0v) is 21.0. The summed E-state index contributed by atoms with van der Waals surface area (Å²) in [5, 5.41) is 10.6. The van der Waals surface area contributed by atoms with Crippen molar-refractivity contribution in [1.82, 2.24) is 0 Å². The summed E-state index contributed by atoms with van der Waals surface area (Å²) in [5.74, 6) is -2.56. The highest BCUT2D eigenvalue weighted by Crippen LogP contribution is 2.40. The lowest BCUT2D eigenvalue weighted by Crippen LogP contribution is -3.15. The highest BCUT2D eigenvalue weighted by Gasteiger charge is 2.41. The fourth-order valence-electron chi connectivity index (χ4n) is 5.30. The molecule has 0 bridgehead atoms. The van der Waals surface area contributed by atoms with Crippen molar-refractivity contribution < 1.29 is 32.3 Å². The van der Waals surface area contributed by atoms with E-state index in [-0.39, 0.29) is 34.6 Å². The van der Waals surface area contributed by atoms with E-state index in [2.05, 4.69) is 6.92 Å². The Balaban J connectivity index is 1.56. The van der Waals surface area contributed by atoms with E-state index in [4.69, 9.17) is 9.15 Å². The molecule has 8 heteroatoms. The van der Waals surface area contributed by atoms with E-state index in [0.717, 1.165) is 48.3 Å². The molecular formula is C30H29F3NO4+. The average Bonchev–Trinajstić information content (AvgIpc) is 2.92. The molecule has 1 aliphatic heterocycles. The van der Waals surface area contributed by atoms with Crippen LogP contribution in [0.1, 0.15) is 43.9 Å². The molecule has 0 amide bonds. The van der Waals surface area contributed by atoms with E-state index in [1.165, 1.54) is 24.3 Å². The zero-order chi connectivity index (χ0) is 26.9. The van der Waals surface area contributed by atoms with E-state index < -0.39 is 23.1 Å². The van der Waals surface area contributed by atoms with Crippen molar-refractivity contribution in [3.05, 3.63) is 88.3 Å². The summed E-state index contributed by atoms with van der Waals surface area (Å²) in [4.78, 5) is 14.6. The average molecular weight is 525 g/mol. The molecule has 2 N–H and O–H groups in total. The monoisotopic (exact) mass is 524 g/mol. The summed E-state index contributed by atoms with van der Waals surface area (Å²) < 4.78 is 53.4. The standard InChI is InChI=1S/C30H28F3NO4/c1-2-21-10-6-7-17-34(21)18-24-25(35)16-15-23-26(36)28(29(30(31,32)33)38-27(23)24)37-22-13-11-20(12-14-22)19-8-4-3-5-9-19/h3-5,8-9,11-16,21,35H,2,6-7,10,17-18H2,1H3/p+1/t21-/m0/s1. The number of hydrogen-bond donors (Lipinski definition) is 2. The molecule has 5 nitrogen and oxygen atoms in total. The molecule has 1 aromatic heterocycles.